The molecule has 1 aromatic carbocycles. The lowest BCUT2D eigenvalue weighted by Crippen LogP contribution is -2.21. The molecule has 16 heavy (non-hydrogen) atoms. The average Bonchev–Trinajstić information content (AvgIpc) is 2.25. The van der Waals surface area contributed by atoms with E-state index in [1.54, 1.807) is 0 Å². The molecule has 5 heteroatoms. The predicted molar refractivity (Wildman–Crippen MR) is 55.2 cm³/mol. The SMILES string of the molecule is CN(CCC#N)c1c(F)cc(C=O)cc1F. The molecule has 0 bridgehead atoms. The van der Waals surface area contributed by atoms with Crippen LogP contribution in [0.5, 0.6) is 0 Å². The Labute approximate surface area is 91.9 Å². The maximum atomic E-state index is 13.5. The van der Waals surface area contributed by atoms with Gasteiger partial charge in [-0.1, -0.05) is 0 Å². The van der Waals surface area contributed by atoms with Crippen LogP contribution in [0.15, 0.2) is 12.1 Å². The van der Waals surface area contributed by atoms with E-state index in [0.29, 0.717) is 6.29 Å². The number of aldehydes is 1. The lowest BCUT2D eigenvalue weighted by Gasteiger charge is -2.19. The fourth-order valence-electron chi connectivity index (χ4n) is 1.35. The van der Waals surface area contributed by atoms with Crippen molar-refractivity contribution >= 4 is 12.0 Å². The van der Waals surface area contributed by atoms with Gasteiger partial charge in [0.1, 0.15) is 23.6 Å². The van der Waals surface area contributed by atoms with Gasteiger partial charge in [0, 0.05) is 19.2 Å². The number of nitrogens with zero attached hydrogens (tertiary/aromatic N) is 2. The molecule has 1 rings (SSSR count). The first kappa shape index (κ1) is 12.1. The molecule has 0 aliphatic carbocycles. The topological polar surface area (TPSA) is 44.1 Å². The number of benzene rings is 1. The molecule has 0 aromatic heterocycles. The smallest absolute Gasteiger partial charge is 0.150 e. The van der Waals surface area contributed by atoms with Crippen molar-refractivity contribution in [1.29, 1.82) is 5.26 Å². The highest BCUT2D eigenvalue weighted by Crippen LogP contribution is 2.23. The number of hydrogen-bond donors (Lipinski definition) is 0. The molecule has 0 heterocycles. The van der Waals surface area contributed by atoms with E-state index in [1.807, 2.05) is 6.07 Å². The fraction of sp³-hybridized carbons (Fsp3) is 0.273. The Morgan fingerprint density at radius 1 is 1.44 bits per heavy atom. The fourth-order valence-corrected chi connectivity index (χ4v) is 1.35. The summed E-state index contributed by atoms with van der Waals surface area (Å²) in [6.07, 6.45) is 0.552. The zero-order valence-electron chi connectivity index (χ0n) is 8.70. The molecule has 0 aliphatic rings. The van der Waals surface area contributed by atoms with Crippen LogP contribution < -0.4 is 4.90 Å². The van der Waals surface area contributed by atoms with Gasteiger partial charge in [0.05, 0.1) is 12.5 Å². The first-order valence-electron chi connectivity index (χ1n) is 4.62. The van der Waals surface area contributed by atoms with Gasteiger partial charge in [0.25, 0.3) is 0 Å². The van der Waals surface area contributed by atoms with Gasteiger partial charge in [0.15, 0.2) is 0 Å². The van der Waals surface area contributed by atoms with Gasteiger partial charge in [-0.05, 0) is 12.1 Å². The highest BCUT2D eigenvalue weighted by atomic mass is 19.1. The molecular formula is C11H10F2N2O. The first-order chi connectivity index (χ1) is 7.60. The van der Waals surface area contributed by atoms with Gasteiger partial charge < -0.3 is 4.90 Å². The number of halogens is 2. The number of nitriles is 1. The van der Waals surface area contributed by atoms with Crippen molar-refractivity contribution < 1.29 is 13.6 Å². The van der Waals surface area contributed by atoms with Crippen LogP contribution >= 0.6 is 0 Å². The van der Waals surface area contributed by atoms with E-state index in [-0.39, 0.29) is 24.2 Å². The third-order valence-electron chi connectivity index (χ3n) is 2.12. The molecule has 1 aromatic rings. The van der Waals surface area contributed by atoms with Crippen LogP contribution in [0.3, 0.4) is 0 Å². The van der Waals surface area contributed by atoms with E-state index in [0.717, 1.165) is 12.1 Å². The van der Waals surface area contributed by atoms with Crippen LogP contribution in [-0.2, 0) is 0 Å². The monoisotopic (exact) mass is 224 g/mol. The van der Waals surface area contributed by atoms with Crippen molar-refractivity contribution in [3.63, 3.8) is 0 Å². The van der Waals surface area contributed by atoms with E-state index in [9.17, 15) is 13.6 Å². The molecule has 0 N–H and O–H groups in total. The molecule has 84 valence electrons. The van der Waals surface area contributed by atoms with Gasteiger partial charge in [-0.25, -0.2) is 8.78 Å². The summed E-state index contributed by atoms with van der Waals surface area (Å²) in [6.45, 7) is 0.227. The van der Waals surface area contributed by atoms with E-state index >= 15 is 0 Å². The van der Waals surface area contributed by atoms with Crippen molar-refractivity contribution in [1.82, 2.24) is 0 Å². The summed E-state index contributed by atoms with van der Waals surface area (Å²) in [4.78, 5) is 11.7. The Kier molecular flexibility index (Phi) is 3.95. The Hall–Kier alpha value is -1.96. The van der Waals surface area contributed by atoms with Gasteiger partial charge >= 0.3 is 0 Å². The molecule has 0 atom stereocenters. The average molecular weight is 224 g/mol. The quantitative estimate of drug-likeness (QED) is 0.736. The molecule has 0 unspecified atom stereocenters. The standard InChI is InChI=1S/C11H10F2N2O/c1-15(4-2-3-14)11-9(12)5-8(7-16)6-10(11)13/h5-7H,2,4H2,1H3. The van der Waals surface area contributed by atoms with Crippen molar-refractivity contribution in [2.45, 2.75) is 6.42 Å². The molecule has 0 saturated heterocycles. The summed E-state index contributed by atoms with van der Waals surface area (Å²) in [7, 11) is 1.49. The second-order valence-electron chi connectivity index (χ2n) is 3.28. The van der Waals surface area contributed by atoms with Crippen LogP contribution in [-0.4, -0.2) is 19.9 Å². The highest BCUT2D eigenvalue weighted by molar-refractivity contribution is 5.76. The third-order valence-corrected chi connectivity index (χ3v) is 2.12. The molecule has 3 nitrogen and oxygen atoms in total. The predicted octanol–water partition coefficient (Wildman–Crippen LogP) is 2.13. The summed E-state index contributed by atoms with van der Waals surface area (Å²) in [6, 6.07) is 3.82. The van der Waals surface area contributed by atoms with Gasteiger partial charge in [-0.2, -0.15) is 5.26 Å². The minimum absolute atomic E-state index is 0.0487. The van der Waals surface area contributed by atoms with Crippen LogP contribution in [0.4, 0.5) is 14.5 Å². The second kappa shape index (κ2) is 5.21. The van der Waals surface area contributed by atoms with Crippen molar-refractivity contribution in [3.05, 3.63) is 29.3 Å². The van der Waals surface area contributed by atoms with Crippen molar-refractivity contribution in [2.24, 2.45) is 0 Å². The zero-order chi connectivity index (χ0) is 12.1. The van der Waals surface area contributed by atoms with Gasteiger partial charge in [-0.3, -0.25) is 4.79 Å². The Bertz CT molecular complexity index is 417. The molecule has 0 saturated carbocycles. The lowest BCUT2D eigenvalue weighted by atomic mass is 10.2. The number of carbonyl (C=O) groups excluding carboxylic acids is 1. The Balaban J connectivity index is 3.05. The molecular weight excluding hydrogens is 214 g/mol. The maximum absolute atomic E-state index is 13.5. The lowest BCUT2D eigenvalue weighted by molar-refractivity contribution is 0.112. The molecule has 0 aliphatic heterocycles. The van der Waals surface area contributed by atoms with E-state index < -0.39 is 11.6 Å². The number of carbonyl (C=O) groups is 1. The zero-order valence-corrected chi connectivity index (χ0v) is 8.70. The van der Waals surface area contributed by atoms with E-state index in [1.165, 1.54) is 11.9 Å². The largest absolute Gasteiger partial charge is 0.369 e. The summed E-state index contributed by atoms with van der Waals surface area (Å²) < 4.78 is 26.9. The molecule has 0 radical (unpaired) electrons. The van der Waals surface area contributed by atoms with Crippen LogP contribution in [0.1, 0.15) is 16.8 Å². The maximum Gasteiger partial charge on any atom is 0.150 e. The van der Waals surface area contributed by atoms with Crippen LogP contribution in [0.25, 0.3) is 0 Å². The summed E-state index contributed by atoms with van der Waals surface area (Å²) >= 11 is 0. The van der Waals surface area contributed by atoms with E-state index in [2.05, 4.69) is 0 Å². The number of hydrogen-bond acceptors (Lipinski definition) is 3. The first-order valence-corrected chi connectivity index (χ1v) is 4.62. The van der Waals surface area contributed by atoms with Crippen molar-refractivity contribution in [2.75, 3.05) is 18.5 Å². The molecule has 0 amide bonds. The van der Waals surface area contributed by atoms with Gasteiger partial charge in [-0.15, -0.1) is 0 Å². The molecule has 0 fully saturated rings. The van der Waals surface area contributed by atoms with E-state index in [4.69, 9.17) is 5.26 Å². The minimum Gasteiger partial charge on any atom is -0.369 e. The van der Waals surface area contributed by atoms with Crippen LogP contribution in [0.2, 0.25) is 0 Å². The second-order valence-corrected chi connectivity index (χ2v) is 3.28. The normalized spacial score (nSPS) is 9.62. The van der Waals surface area contributed by atoms with Crippen molar-refractivity contribution in [3.8, 4) is 6.07 Å². The van der Waals surface area contributed by atoms with Crippen LogP contribution in [0, 0.1) is 23.0 Å². The summed E-state index contributed by atoms with van der Waals surface area (Å²) in [5.74, 6) is -1.61. The Morgan fingerprint density at radius 3 is 2.44 bits per heavy atom. The van der Waals surface area contributed by atoms with Gasteiger partial charge in [0.2, 0.25) is 0 Å². The summed E-state index contributed by atoms with van der Waals surface area (Å²) in [5, 5.41) is 8.37. The molecule has 0 spiro atoms. The number of anilines is 1. The highest BCUT2D eigenvalue weighted by Gasteiger charge is 2.14. The minimum atomic E-state index is -0.803. The number of rotatable bonds is 4. The summed E-state index contributed by atoms with van der Waals surface area (Å²) in [5.41, 5.74) is -0.270. The Morgan fingerprint density at radius 2 is 2.00 bits per heavy atom. The third kappa shape index (κ3) is 2.54.